The van der Waals surface area contributed by atoms with E-state index >= 15 is 0 Å². The van der Waals surface area contributed by atoms with E-state index in [0.717, 1.165) is 25.7 Å². The largest absolute Gasteiger partial charge is 0.298 e. The molecule has 1 aromatic carbocycles. The number of nitriles is 1. The average Bonchev–Trinajstić information content (AvgIpc) is 2.43. The summed E-state index contributed by atoms with van der Waals surface area (Å²) in [6.07, 6.45) is 4.11. The number of hydrogen-bond donors (Lipinski definition) is 0. The molecule has 2 atom stereocenters. The Morgan fingerprint density at radius 2 is 2.05 bits per heavy atom. The van der Waals surface area contributed by atoms with Crippen molar-refractivity contribution in [3.05, 3.63) is 33.8 Å². The van der Waals surface area contributed by atoms with Crippen LogP contribution >= 0.6 is 23.2 Å². The summed E-state index contributed by atoms with van der Waals surface area (Å²) in [7, 11) is 0. The van der Waals surface area contributed by atoms with Gasteiger partial charge in [-0.3, -0.25) is 4.79 Å². The zero-order chi connectivity index (χ0) is 15.6. The Hall–Kier alpha value is -1.04. The molecule has 0 heterocycles. The molecule has 0 radical (unpaired) electrons. The minimum absolute atomic E-state index is 0.0144. The number of carbonyl (C=O) groups is 1. The van der Waals surface area contributed by atoms with Crippen molar-refractivity contribution in [2.45, 2.75) is 45.4 Å². The normalized spacial score (nSPS) is 22.3. The Bertz CT molecular complexity index is 589. The highest BCUT2D eigenvalue weighted by molar-refractivity contribution is 6.42. The molecule has 1 aromatic rings. The minimum Gasteiger partial charge on any atom is -0.298 e. The van der Waals surface area contributed by atoms with Crippen LogP contribution in [0.2, 0.25) is 10.0 Å². The van der Waals surface area contributed by atoms with Crippen LogP contribution in [0.3, 0.4) is 0 Å². The molecular formula is C17H19Cl2NO. The van der Waals surface area contributed by atoms with Crippen molar-refractivity contribution in [1.29, 1.82) is 5.26 Å². The molecule has 1 aliphatic carbocycles. The summed E-state index contributed by atoms with van der Waals surface area (Å²) < 4.78 is 0. The number of ketones is 1. The molecule has 1 fully saturated rings. The number of hydrogen-bond acceptors (Lipinski definition) is 2. The van der Waals surface area contributed by atoms with Crippen LogP contribution in [0.5, 0.6) is 0 Å². The first-order valence-corrected chi connectivity index (χ1v) is 8.00. The van der Waals surface area contributed by atoms with Crippen molar-refractivity contribution in [2.24, 2.45) is 11.3 Å². The first-order chi connectivity index (χ1) is 9.86. The standard InChI is InChI=1S/C17H19Cl2NO/c1-17(2)8-4-3-5-13(17)16(21)12(10-20)11-6-7-14(18)15(19)9-11/h6-7,9,12-13H,3-5,8H2,1-2H3. The lowest BCUT2D eigenvalue weighted by atomic mass is 9.65. The molecule has 0 saturated heterocycles. The Morgan fingerprint density at radius 1 is 1.33 bits per heavy atom. The van der Waals surface area contributed by atoms with Gasteiger partial charge in [0.2, 0.25) is 0 Å². The lowest BCUT2D eigenvalue weighted by Crippen LogP contribution is -2.36. The van der Waals surface area contributed by atoms with E-state index in [-0.39, 0.29) is 17.1 Å². The van der Waals surface area contributed by atoms with Gasteiger partial charge in [0.15, 0.2) is 5.78 Å². The fraction of sp³-hybridized carbons (Fsp3) is 0.529. The van der Waals surface area contributed by atoms with Gasteiger partial charge in [-0.15, -0.1) is 0 Å². The Morgan fingerprint density at radius 3 is 2.62 bits per heavy atom. The number of benzene rings is 1. The molecule has 0 bridgehead atoms. The van der Waals surface area contributed by atoms with Gasteiger partial charge in [0.25, 0.3) is 0 Å². The highest BCUT2D eigenvalue weighted by atomic mass is 35.5. The summed E-state index contributed by atoms with van der Waals surface area (Å²) in [6.45, 7) is 4.25. The summed E-state index contributed by atoms with van der Waals surface area (Å²) in [4.78, 5) is 12.8. The lowest BCUT2D eigenvalue weighted by molar-refractivity contribution is -0.128. The highest BCUT2D eigenvalue weighted by Gasteiger charge is 2.40. The number of halogens is 2. The monoisotopic (exact) mass is 323 g/mol. The third-order valence-corrected chi connectivity index (χ3v) is 5.28. The van der Waals surface area contributed by atoms with E-state index < -0.39 is 5.92 Å². The second-order valence-electron chi connectivity index (χ2n) is 6.42. The van der Waals surface area contributed by atoms with Gasteiger partial charge in [0, 0.05) is 5.92 Å². The molecular weight excluding hydrogens is 305 g/mol. The molecule has 0 aromatic heterocycles. The van der Waals surface area contributed by atoms with Gasteiger partial charge in [-0.05, 0) is 36.0 Å². The molecule has 2 rings (SSSR count). The quantitative estimate of drug-likeness (QED) is 0.748. The first kappa shape index (κ1) is 16.3. The second-order valence-corrected chi connectivity index (χ2v) is 7.24. The number of rotatable bonds is 3. The minimum atomic E-state index is -0.762. The second kappa shape index (κ2) is 6.38. The van der Waals surface area contributed by atoms with Crippen molar-refractivity contribution in [1.82, 2.24) is 0 Å². The SMILES string of the molecule is CC1(C)CCCCC1C(=O)C(C#N)c1ccc(Cl)c(Cl)c1. The van der Waals surface area contributed by atoms with E-state index in [1.54, 1.807) is 18.2 Å². The van der Waals surface area contributed by atoms with Crippen molar-refractivity contribution in [3.63, 3.8) is 0 Å². The van der Waals surface area contributed by atoms with Gasteiger partial charge in [0.05, 0.1) is 16.1 Å². The predicted octanol–water partition coefficient (Wildman–Crippen LogP) is 5.39. The number of Topliss-reactive ketones (excluding diaryl/α,β-unsaturated/α-hetero) is 1. The molecule has 2 unspecified atom stereocenters. The molecule has 21 heavy (non-hydrogen) atoms. The maximum Gasteiger partial charge on any atom is 0.158 e. The molecule has 1 saturated carbocycles. The van der Waals surface area contributed by atoms with Crippen LogP contribution < -0.4 is 0 Å². The van der Waals surface area contributed by atoms with E-state index in [0.29, 0.717) is 15.6 Å². The third-order valence-electron chi connectivity index (χ3n) is 4.54. The van der Waals surface area contributed by atoms with E-state index in [1.165, 1.54) is 0 Å². The van der Waals surface area contributed by atoms with Crippen LogP contribution in [0, 0.1) is 22.7 Å². The van der Waals surface area contributed by atoms with Crippen molar-refractivity contribution < 1.29 is 4.79 Å². The zero-order valence-electron chi connectivity index (χ0n) is 12.3. The molecule has 2 nitrogen and oxygen atoms in total. The van der Waals surface area contributed by atoms with Crippen molar-refractivity contribution in [3.8, 4) is 6.07 Å². The van der Waals surface area contributed by atoms with Gasteiger partial charge in [-0.25, -0.2) is 0 Å². The van der Waals surface area contributed by atoms with E-state index in [2.05, 4.69) is 19.9 Å². The van der Waals surface area contributed by atoms with Crippen molar-refractivity contribution >= 4 is 29.0 Å². The number of carbonyl (C=O) groups excluding carboxylic acids is 1. The van der Waals surface area contributed by atoms with Crippen LogP contribution in [-0.4, -0.2) is 5.78 Å². The van der Waals surface area contributed by atoms with E-state index in [4.69, 9.17) is 23.2 Å². The fourth-order valence-corrected chi connectivity index (χ4v) is 3.52. The molecule has 0 spiro atoms. The Labute approximate surface area is 136 Å². The van der Waals surface area contributed by atoms with Gasteiger partial charge < -0.3 is 0 Å². The molecule has 1 aliphatic rings. The van der Waals surface area contributed by atoms with Crippen LogP contribution in [-0.2, 0) is 4.79 Å². The maximum absolute atomic E-state index is 12.8. The molecule has 112 valence electrons. The first-order valence-electron chi connectivity index (χ1n) is 7.25. The third kappa shape index (κ3) is 3.42. The van der Waals surface area contributed by atoms with Gasteiger partial charge in [0.1, 0.15) is 5.92 Å². The Kier molecular flexibility index (Phi) is 4.96. The average molecular weight is 324 g/mol. The van der Waals surface area contributed by atoms with Crippen LogP contribution in [0.15, 0.2) is 18.2 Å². The molecule has 4 heteroatoms. The lowest BCUT2D eigenvalue weighted by Gasteiger charge is -2.38. The molecule has 0 N–H and O–H groups in total. The van der Waals surface area contributed by atoms with Crippen LogP contribution in [0.4, 0.5) is 0 Å². The smallest absolute Gasteiger partial charge is 0.158 e. The summed E-state index contributed by atoms with van der Waals surface area (Å²) >= 11 is 11.9. The zero-order valence-corrected chi connectivity index (χ0v) is 13.8. The van der Waals surface area contributed by atoms with E-state index in [9.17, 15) is 10.1 Å². The van der Waals surface area contributed by atoms with Gasteiger partial charge in [-0.1, -0.05) is 56.0 Å². The Balaban J connectivity index is 2.30. The van der Waals surface area contributed by atoms with Crippen LogP contribution in [0.1, 0.15) is 51.0 Å². The highest BCUT2D eigenvalue weighted by Crippen LogP contribution is 2.43. The summed E-state index contributed by atoms with van der Waals surface area (Å²) in [5.74, 6) is -0.812. The van der Waals surface area contributed by atoms with Gasteiger partial charge in [-0.2, -0.15) is 5.26 Å². The summed E-state index contributed by atoms with van der Waals surface area (Å²) in [5, 5.41) is 10.3. The number of nitrogens with zero attached hydrogens (tertiary/aromatic N) is 1. The van der Waals surface area contributed by atoms with E-state index in [1.807, 2.05) is 0 Å². The molecule has 0 aliphatic heterocycles. The van der Waals surface area contributed by atoms with Gasteiger partial charge >= 0.3 is 0 Å². The van der Waals surface area contributed by atoms with Crippen LogP contribution in [0.25, 0.3) is 0 Å². The maximum atomic E-state index is 12.8. The fourth-order valence-electron chi connectivity index (χ4n) is 3.22. The topological polar surface area (TPSA) is 40.9 Å². The van der Waals surface area contributed by atoms with Crippen molar-refractivity contribution in [2.75, 3.05) is 0 Å². The summed E-state index contributed by atoms with van der Waals surface area (Å²) in [5.41, 5.74) is 0.596. The predicted molar refractivity (Wildman–Crippen MR) is 85.6 cm³/mol. The summed E-state index contributed by atoms with van der Waals surface area (Å²) in [6, 6.07) is 7.14. The molecule has 0 amide bonds.